The van der Waals surface area contributed by atoms with E-state index in [9.17, 15) is 0 Å². The van der Waals surface area contributed by atoms with Crippen LogP contribution in [-0.4, -0.2) is 53.6 Å². The van der Waals surface area contributed by atoms with Gasteiger partial charge in [0.05, 0.1) is 5.69 Å². The first-order valence-corrected chi connectivity index (χ1v) is 8.86. The highest BCUT2D eigenvalue weighted by Crippen LogP contribution is 2.28. The molecule has 4 heteroatoms. The summed E-state index contributed by atoms with van der Waals surface area (Å²) in [7, 11) is 2.17. The highest BCUT2D eigenvalue weighted by atomic mass is 16.5. The average Bonchev–Trinajstić information content (AvgIpc) is 3.18. The van der Waals surface area contributed by atoms with E-state index >= 15 is 0 Å². The van der Waals surface area contributed by atoms with Gasteiger partial charge >= 0.3 is 0 Å². The molecule has 1 saturated carbocycles. The van der Waals surface area contributed by atoms with Gasteiger partial charge in [-0.2, -0.15) is 0 Å². The zero-order valence-corrected chi connectivity index (χ0v) is 13.6. The van der Waals surface area contributed by atoms with E-state index in [0.29, 0.717) is 6.10 Å². The van der Waals surface area contributed by atoms with Crippen LogP contribution in [0.25, 0.3) is 0 Å². The smallest absolute Gasteiger partial charge is 0.213 e. The molecule has 3 aliphatic rings. The van der Waals surface area contributed by atoms with Crippen molar-refractivity contribution in [2.24, 2.45) is 0 Å². The van der Waals surface area contributed by atoms with Gasteiger partial charge in [-0.3, -0.25) is 4.90 Å². The second kappa shape index (κ2) is 6.17. The lowest BCUT2D eigenvalue weighted by molar-refractivity contribution is 0.172. The Balaban J connectivity index is 1.37. The normalized spacial score (nSPS) is 27.2. The number of pyridine rings is 1. The van der Waals surface area contributed by atoms with Crippen LogP contribution in [0.4, 0.5) is 0 Å². The quantitative estimate of drug-likeness (QED) is 0.857. The Labute approximate surface area is 133 Å². The third kappa shape index (κ3) is 2.99. The van der Waals surface area contributed by atoms with Crippen LogP contribution in [0, 0.1) is 0 Å². The fourth-order valence-corrected chi connectivity index (χ4v) is 4.22. The zero-order chi connectivity index (χ0) is 14.9. The Morgan fingerprint density at radius 1 is 1.14 bits per heavy atom. The summed E-state index contributed by atoms with van der Waals surface area (Å²) >= 11 is 0. The molecule has 3 heterocycles. The van der Waals surface area contributed by atoms with Crippen molar-refractivity contribution < 1.29 is 4.74 Å². The first-order chi connectivity index (χ1) is 10.8. The molecule has 1 saturated heterocycles. The molecule has 1 unspecified atom stereocenters. The molecule has 4 nitrogen and oxygen atoms in total. The van der Waals surface area contributed by atoms with E-state index in [4.69, 9.17) is 9.72 Å². The molecule has 1 aromatic rings. The molecule has 1 atom stereocenters. The molecule has 0 N–H and O–H groups in total. The fraction of sp³-hybridized carbons (Fsp3) is 0.722. The summed E-state index contributed by atoms with van der Waals surface area (Å²) < 4.78 is 6.19. The van der Waals surface area contributed by atoms with Gasteiger partial charge in [0.2, 0.25) is 5.88 Å². The first-order valence-electron chi connectivity index (χ1n) is 8.86. The van der Waals surface area contributed by atoms with E-state index in [2.05, 4.69) is 29.0 Å². The minimum Gasteiger partial charge on any atom is -0.473 e. The van der Waals surface area contributed by atoms with Crippen molar-refractivity contribution in [2.45, 2.75) is 57.2 Å². The summed E-state index contributed by atoms with van der Waals surface area (Å²) in [5, 5.41) is 0. The molecule has 2 aliphatic heterocycles. The maximum Gasteiger partial charge on any atom is 0.213 e. The number of hydrogen-bond acceptors (Lipinski definition) is 4. The van der Waals surface area contributed by atoms with Gasteiger partial charge in [-0.15, -0.1) is 0 Å². The van der Waals surface area contributed by atoms with Crippen molar-refractivity contribution in [3.8, 4) is 5.88 Å². The third-order valence-electron chi connectivity index (χ3n) is 5.52. The molecule has 2 fully saturated rings. The highest BCUT2D eigenvalue weighted by Gasteiger charge is 2.31. The standard InChI is InChI=1S/C18H27N3O/c1-20-10-9-17-14(12-20)6-7-18(19-17)22-16-8-11-21(13-16)15-4-2-3-5-15/h6-7,15-16H,2-5,8-13H2,1H3. The Bertz CT molecular complexity index is 527. The van der Waals surface area contributed by atoms with Crippen LogP contribution in [-0.2, 0) is 13.0 Å². The molecule has 0 aromatic carbocycles. The van der Waals surface area contributed by atoms with E-state index < -0.39 is 0 Å². The van der Waals surface area contributed by atoms with Crippen molar-refractivity contribution in [1.82, 2.24) is 14.8 Å². The molecule has 4 rings (SSSR count). The summed E-state index contributed by atoms with van der Waals surface area (Å²) in [4.78, 5) is 9.76. The summed E-state index contributed by atoms with van der Waals surface area (Å²) in [6, 6.07) is 5.09. The Morgan fingerprint density at radius 3 is 2.86 bits per heavy atom. The summed E-state index contributed by atoms with van der Waals surface area (Å²) in [6.45, 7) is 4.40. The second-order valence-electron chi connectivity index (χ2n) is 7.20. The van der Waals surface area contributed by atoms with Crippen molar-refractivity contribution >= 4 is 0 Å². The van der Waals surface area contributed by atoms with Crippen molar-refractivity contribution in [2.75, 3.05) is 26.7 Å². The van der Waals surface area contributed by atoms with Crippen molar-refractivity contribution in [1.29, 1.82) is 0 Å². The van der Waals surface area contributed by atoms with Gasteiger partial charge in [-0.25, -0.2) is 4.98 Å². The summed E-state index contributed by atoms with van der Waals surface area (Å²) in [5.41, 5.74) is 2.60. The monoisotopic (exact) mass is 301 g/mol. The molecule has 1 aromatic heterocycles. The second-order valence-corrected chi connectivity index (χ2v) is 7.20. The molecule has 0 radical (unpaired) electrons. The summed E-state index contributed by atoms with van der Waals surface area (Å²) in [5.74, 6) is 0.835. The Kier molecular flexibility index (Phi) is 4.05. The molecular formula is C18H27N3O. The number of aromatic nitrogens is 1. The molecule has 120 valence electrons. The topological polar surface area (TPSA) is 28.6 Å². The minimum atomic E-state index is 0.331. The predicted octanol–water partition coefficient (Wildman–Crippen LogP) is 2.47. The van der Waals surface area contributed by atoms with E-state index in [1.54, 1.807) is 0 Å². The number of hydrogen-bond donors (Lipinski definition) is 0. The van der Waals surface area contributed by atoms with Crippen molar-refractivity contribution in [3.63, 3.8) is 0 Å². The van der Waals surface area contributed by atoms with Crippen LogP contribution in [0.2, 0.25) is 0 Å². The lowest BCUT2D eigenvalue weighted by atomic mass is 10.1. The van der Waals surface area contributed by atoms with Crippen LogP contribution in [0.5, 0.6) is 5.88 Å². The number of nitrogens with zero attached hydrogens (tertiary/aromatic N) is 3. The molecule has 22 heavy (non-hydrogen) atoms. The first kappa shape index (κ1) is 14.5. The number of likely N-dealkylation sites (N-methyl/N-ethyl adjacent to an activating group) is 1. The number of fused-ring (bicyclic) bond motifs is 1. The SMILES string of the molecule is CN1CCc2nc(OC3CCN(C4CCCC4)C3)ccc2C1. The molecule has 0 amide bonds. The van der Waals surface area contributed by atoms with Gasteiger partial charge in [0.25, 0.3) is 0 Å². The number of likely N-dealkylation sites (tertiary alicyclic amines) is 1. The largest absolute Gasteiger partial charge is 0.473 e. The average molecular weight is 301 g/mol. The van der Waals surface area contributed by atoms with Gasteiger partial charge in [0.15, 0.2) is 0 Å². The fourth-order valence-electron chi connectivity index (χ4n) is 4.22. The maximum absolute atomic E-state index is 6.19. The van der Waals surface area contributed by atoms with Crippen LogP contribution >= 0.6 is 0 Å². The third-order valence-corrected chi connectivity index (χ3v) is 5.52. The maximum atomic E-state index is 6.19. The minimum absolute atomic E-state index is 0.331. The van der Waals surface area contributed by atoms with Gasteiger partial charge in [-0.05, 0) is 31.9 Å². The van der Waals surface area contributed by atoms with E-state index in [0.717, 1.165) is 44.4 Å². The number of rotatable bonds is 3. The van der Waals surface area contributed by atoms with E-state index in [1.165, 1.54) is 43.5 Å². The van der Waals surface area contributed by atoms with Gasteiger partial charge < -0.3 is 9.64 Å². The lowest BCUT2D eigenvalue weighted by Gasteiger charge is -2.25. The van der Waals surface area contributed by atoms with Gasteiger partial charge in [0.1, 0.15) is 6.10 Å². The van der Waals surface area contributed by atoms with Gasteiger partial charge in [0, 0.05) is 44.7 Å². The zero-order valence-electron chi connectivity index (χ0n) is 13.6. The molecule has 0 bridgehead atoms. The van der Waals surface area contributed by atoms with E-state index in [1.807, 2.05) is 0 Å². The Hall–Kier alpha value is -1.13. The molecule has 1 aliphatic carbocycles. The van der Waals surface area contributed by atoms with Crippen LogP contribution in [0.15, 0.2) is 12.1 Å². The van der Waals surface area contributed by atoms with E-state index in [-0.39, 0.29) is 0 Å². The predicted molar refractivity (Wildman–Crippen MR) is 87.1 cm³/mol. The van der Waals surface area contributed by atoms with Crippen LogP contribution < -0.4 is 4.74 Å². The highest BCUT2D eigenvalue weighted by molar-refractivity contribution is 5.27. The Morgan fingerprint density at radius 2 is 2.00 bits per heavy atom. The molecule has 0 spiro atoms. The number of ether oxygens (including phenoxy) is 1. The van der Waals surface area contributed by atoms with Crippen LogP contribution in [0.3, 0.4) is 0 Å². The molecular weight excluding hydrogens is 274 g/mol. The summed E-state index contributed by atoms with van der Waals surface area (Å²) in [6.07, 6.45) is 8.12. The van der Waals surface area contributed by atoms with Crippen LogP contribution in [0.1, 0.15) is 43.4 Å². The van der Waals surface area contributed by atoms with Gasteiger partial charge in [-0.1, -0.05) is 18.9 Å². The van der Waals surface area contributed by atoms with Crippen molar-refractivity contribution in [3.05, 3.63) is 23.4 Å². The lowest BCUT2D eigenvalue weighted by Crippen LogP contribution is -2.33.